The van der Waals surface area contributed by atoms with E-state index in [0.717, 1.165) is 36.9 Å². The molecule has 7 nitrogen and oxygen atoms in total. The molecule has 8 heteroatoms. The summed E-state index contributed by atoms with van der Waals surface area (Å²) in [7, 11) is -3.18. The molecule has 1 aromatic carbocycles. The Morgan fingerprint density at radius 1 is 1.29 bits per heavy atom. The Kier molecular flexibility index (Phi) is 5.76. The van der Waals surface area contributed by atoms with E-state index in [0.29, 0.717) is 5.56 Å². The number of carbonyl (C=O) groups excluding carboxylic acids is 1. The molecule has 0 radical (unpaired) electrons. The van der Waals surface area contributed by atoms with E-state index in [1.807, 2.05) is 6.07 Å². The highest BCUT2D eigenvalue weighted by molar-refractivity contribution is 7.95. The minimum Gasteiger partial charge on any atom is -0.348 e. The molecular weight excluding hydrogens is 376 g/mol. The fourth-order valence-corrected chi connectivity index (χ4v) is 4.15. The van der Waals surface area contributed by atoms with E-state index in [9.17, 15) is 13.8 Å². The second-order valence-corrected chi connectivity index (χ2v) is 8.49. The number of amides is 1. The van der Waals surface area contributed by atoms with Crippen LogP contribution < -0.4 is 10.9 Å². The van der Waals surface area contributed by atoms with E-state index in [1.54, 1.807) is 6.07 Å². The van der Waals surface area contributed by atoms with Gasteiger partial charge in [-0.05, 0) is 61.6 Å². The zero-order valence-corrected chi connectivity index (χ0v) is 16.0. The van der Waals surface area contributed by atoms with Crippen molar-refractivity contribution in [2.75, 3.05) is 6.54 Å². The lowest BCUT2D eigenvalue weighted by Gasteiger charge is -2.15. The number of pyridine rings is 1. The van der Waals surface area contributed by atoms with Crippen molar-refractivity contribution in [3.63, 3.8) is 0 Å². The van der Waals surface area contributed by atoms with Gasteiger partial charge in [-0.2, -0.15) is 5.26 Å². The number of rotatable bonds is 5. The van der Waals surface area contributed by atoms with Crippen molar-refractivity contribution in [3.05, 3.63) is 74.6 Å². The number of fused-ring (bicyclic) bond motifs is 1. The van der Waals surface area contributed by atoms with Crippen LogP contribution >= 0.6 is 0 Å². The van der Waals surface area contributed by atoms with Crippen LogP contribution in [0.3, 0.4) is 0 Å². The van der Waals surface area contributed by atoms with Gasteiger partial charge in [-0.3, -0.25) is 9.59 Å². The van der Waals surface area contributed by atoms with Gasteiger partial charge in [-0.1, -0.05) is 6.08 Å². The lowest BCUT2D eigenvalue weighted by atomic mass is 9.95. The summed E-state index contributed by atoms with van der Waals surface area (Å²) in [6, 6.07) is 9.57. The molecule has 3 N–H and O–H groups in total. The van der Waals surface area contributed by atoms with Crippen molar-refractivity contribution in [2.24, 2.45) is 0 Å². The van der Waals surface area contributed by atoms with Crippen LogP contribution in [0.1, 0.15) is 40.0 Å². The summed E-state index contributed by atoms with van der Waals surface area (Å²) in [6.45, 7) is 0.0432. The quantitative estimate of drug-likeness (QED) is 0.717. The van der Waals surface area contributed by atoms with Crippen LogP contribution in [0.5, 0.6) is 0 Å². The van der Waals surface area contributed by atoms with Crippen LogP contribution in [-0.2, 0) is 22.6 Å². The maximum atomic E-state index is 12.4. The number of carbonyl (C=O) groups is 1. The Morgan fingerprint density at radius 2 is 2.00 bits per heavy atom. The Bertz CT molecular complexity index is 1120. The highest BCUT2D eigenvalue weighted by Crippen LogP contribution is 2.18. The summed E-state index contributed by atoms with van der Waals surface area (Å²) in [5.74, 6) is -0.505. The van der Waals surface area contributed by atoms with Crippen molar-refractivity contribution in [1.29, 1.82) is 10.0 Å². The summed E-state index contributed by atoms with van der Waals surface area (Å²) in [4.78, 5) is 27.5. The van der Waals surface area contributed by atoms with E-state index in [4.69, 9.17) is 10.0 Å². The Hall–Kier alpha value is -3.18. The minimum absolute atomic E-state index is 0.0432. The smallest absolute Gasteiger partial charge is 0.261 e. The first-order valence-electron chi connectivity index (χ1n) is 8.89. The van der Waals surface area contributed by atoms with Gasteiger partial charge in [0.05, 0.1) is 26.3 Å². The molecule has 0 bridgehead atoms. The molecule has 0 fully saturated rings. The zero-order chi connectivity index (χ0) is 20.1. The van der Waals surface area contributed by atoms with Gasteiger partial charge in [0.2, 0.25) is 0 Å². The number of nitrogens with one attached hydrogen (secondary N) is 3. The average Bonchev–Trinajstić information content (AvgIpc) is 2.70. The normalized spacial score (nSPS) is 15.4. The van der Waals surface area contributed by atoms with Crippen molar-refractivity contribution in [3.8, 4) is 6.07 Å². The van der Waals surface area contributed by atoms with Crippen molar-refractivity contribution in [2.45, 2.75) is 30.6 Å². The summed E-state index contributed by atoms with van der Waals surface area (Å²) in [5, 5.41) is 12.6. The molecule has 0 saturated carbocycles. The summed E-state index contributed by atoms with van der Waals surface area (Å²) >= 11 is 0. The molecule has 2 aromatic rings. The number of aromatic amines is 1. The Labute approximate surface area is 163 Å². The molecular formula is C20H20N4O3S. The van der Waals surface area contributed by atoms with Crippen LogP contribution in [0.4, 0.5) is 0 Å². The van der Waals surface area contributed by atoms with Crippen LogP contribution in [0, 0.1) is 16.1 Å². The Morgan fingerprint density at radius 3 is 2.71 bits per heavy atom. The van der Waals surface area contributed by atoms with E-state index in [-0.39, 0.29) is 17.0 Å². The maximum absolute atomic E-state index is 12.4. The summed E-state index contributed by atoms with van der Waals surface area (Å²) in [5.41, 5.74) is 1.98. The van der Waals surface area contributed by atoms with E-state index in [2.05, 4.69) is 10.3 Å². The molecule has 1 atom stereocenters. The maximum Gasteiger partial charge on any atom is 0.261 e. The third-order valence-corrected chi connectivity index (χ3v) is 6.13. The van der Waals surface area contributed by atoms with E-state index in [1.165, 1.54) is 35.7 Å². The van der Waals surface area contributed by atoms with Crippen LogP contribution in [-0.4, -0.2) is 21.6 Å². The summed E-state index contributed by atoms with van der Waals surface area (Å²) in [6.07, 6.45) is 5.17. The van der Waals surface area contributed by atoms with Crippen LogP contribution in [0.25, 0.3) is 0 Å². The molecule has 0 aliphatic heterocycles. The molecule has 144 valence electrons. The third kappa shape index (κ3) is 4.38. The number of hydrogen-bond acceptors (Lipinski definition) is 5. The molecule has 1 unspecified atom stereocenters. The second kappa shape index (κ2) is 8.23. The first kappa shape index (κ1) is 19.6. The Balaban J connectivity index is 1.65. The molecule has 28 heavy (non-hydrogen) atoms. The molecule has 1 aliphatic carbocycles. The third-order valence-electron chi connectivity index (χ3n) is 4.58. The summed E-state index contributed by atoms with van der Waals surface area (Å²) < 4.78 is 20.4. The molecule has 1 heterocycles. The molecule has 0 spiro atoms. The standard InChI is InChI=1S/C20H20N4O3S/c21-13-14-6-8-16(9-7-14)28(22,27)11-3-10-23-19(25)17-12-15-4-1-2-5-18(15)24-20(17)26/h3,6-9,11-12,22H,1-2,4-5,10H2,(H,23,25)(H,24,26)/b11-3+. The lowest BCUT2D eigenvalue weighted by molar-refractivity contribution is 0.0956. The average molecular weight is 396 g/mol. The number of benzene rings is 1. The predicted molar refractivity (Wildman–Crippen MR) is 105 cm³/mol. The number of nitrogens with zero attached hydrogens (tertiary/aromatic N) is 1. The largest absolute Gasteiger partial charge is 0.348 e. The van der Waals surface area contributed by atoms with Crippen molar-refractivity contribution >= 4 is 15.6 Å². The van der Waals surface area contributed by atoms with Gasteiger partial charge in [0, 0.05) is 17.6 Å². The highest BCUT2D eigenvalue weighted by Gasteiger charge is 2.16. The number of aromatic nitrogens is 1. The van der Waals surface area contributed by atoms with E-state index >= 15 is 0 Å². The van der Waals surface area contributed by atoms with Gasteiger partial charge in [-0.25, -0.2) is 8.99 Å². The molecule has 1 aliphatic rings. The fourth-order valence-electron chi connectivity index (χ4n) is 3.08. The fraction of sp³-hybridized carbons (Fsp3) is 0.250. The molecule has 3 rings (SSSR count). The molecule has 1 amide bonds. The first-order valence-corrected chi connectivity index (χ1v) is 10.5. The van der Waals surface area contributed by atoms with Gasteiger partial charge in [0.15, 0.2) is 0 Å². The monoisotopic (exact) mass is 396 g/mol. The minimum atomic E-state index is -3.18. The topological polar surface area (TPSA) is 127 Å². The number of aryl methyl sites for hydroxylation is 2. The lowest BCUT2D eigenvalue weighted by Crippen LogP contribution is -2.31. The molecule has 0 saturated heterocycles. The van der Waals surface area contributed by atoms with Gasteiger partial charge in [0.25, 0.3) is 11.5 Å². The first-order chi connectivity index (χ1) is 13.4. The van der Waals surface area contributed by atoms with Gasteiger partial charge in [0.1, 0.15) is 5.56 Å². The van der Waals surface area contributed by atoms with E-state index < -0.39 is 21.2 Å². The zero-order valence-electron chi connectivity index (χ0n) is 15.2. The van der Waals surface area contributed by atoms with Crippen molar-refractivity contribution < 1.29 is 9.00 Å². The number of H-pyrrole nitrogens is 1. The van der Waals surface area contributed by atoms with Gasteiger partial charge in [-0.15, -0.1) is 0 Å². The van der Waals surface area contributed by atoms with Crippen LogP contribution in [0.15, 0.2) is 51.5 Å². The number of nitriles is 1. The highest BCUT2D eigenvalue weighted by atomic mass is 32.2. The van der Waals surface area contributed by atoms with Crippen molar-refractivity contribution in [1.82, 2.24) is 10.3 Å². The molecule has 1 aromatic heterocycles. The predicted octanol–water partition coefficient (Wildman–Crippen LogP) is 2.47. The SMILES string of the molecule is N#Cc1ccc(S(=N)(=O)/C=C/CNC(=O)c2cc3c([nH]c2=O)CCCC3)cc1. The second-order valence-electron chi connectivity index (χ2n) is 6.54. The number of hydrogen-bond donors (Lipinski definition) is 3. The van der Waals surface area contributed by atoms with Gasteiger partial charge < -0.3 is 10.3 Å². The van der Waals surface area contributed by atoms with Crippen LogP contribution in [0.2, 0.25) is 0 Å². The van der Waals surface area contributed by atoms with Gasteiger partial charge >= 0.3 is 0 Å².